The third-order valence-corrected chi connectivity index (χ3v) is 5.42. The number of carbonyl (C=O) groups excluding carboxylic acids is 1. The molecule has 0 saturated carbocycles. The standard InChI is InChI=1S/C16H13Cl2FN2O2S/c17-14-15(24-20-16(14)18)12(10-1-3-11(19)4-2-10)9-13(22)21-5-7-23-8-6-21/h1-4,9H,5-8H2/b12-9+. The summed E-state index contributed by atoms with van der Waals surface area (Å²) < 4.78 is 22.5. The molecule has 0 N–H and O–H groups in total. The van der Waals surface area contributed by atoms with E-state index in [1.807, 2.05) is 0 Å². The molecule has 2 aromatic rings. The largest absolute Gasteiger partial charge is 0.378 e. The van der Waals surface area contributed by atoms with Crippen LogP contribution in [-0.4, -0.2) is 41.5 Å². The first-order chi connectivity index (χ1) is 11.6. The summed E-state index contributed by atoms with van der Waals surface area (Å²) in [5, 5.41) is 0.468. The lowest BCUT2D eigenvalue weighted by Crippen LogP contribution is -2.39. The van der Waals surface area contributed by atoms with Crippen molar-refractivity contribution in [2.75, 3.05) is 26.3 Å². The summed E-state index contributed by atoms with van der Waals surface area (Å²) >= 11 is 13.3. The molecule has 1 aromatic heterocycles. The number of hydrogen-bond acceptors (Lipinski definition) is 4. The van der Waals surface area contributed by atoms with Crippen LogP contribution < -0.4 is 0 Å². The van der Waals surface area contributed by atoms with Gasteiger partial charge in [0, 0.05) is 24.7 Å². The average Bonchev–Trinajstić information content (AvgIpc) is 2.93. The van der Waals surface area contributed by atoms with Gasteiger partial charge < -0.3 is 9.64 Å². The molecule has 2 heterocycles. The fraction of sp³-hybridized carbons (Fsp3) is 0.250. The Morgan fingerprint density at radius 3 is 2.50 bits per heavy atom. The first-order valence-electron chi connectivity index (χ1n) is 7.21. The van der Waals surface area contributed by atoms with Crippen LogP contribution >= 0.6 is 34.7 Å². The molecular weight excluding hydrogens is 374 g/mol. The second kappa shape index (κ2) is 7.61. The van der Waals surface area contributed by atoms with Crippen molar-refractivity contribution in [3.05, 3.63) is 56.8 Å². The molecule has 24 heavy (non-hydrogen) atoms. The third-order valence-electron chi connectivity index (χ3n) is 3.59. The van der Waals surface area contributed by atoms with Crippen molar-refractivity contribution in [3.8, 4) is 0 Å². The summed E-state index contributed by atoms with van der Waals surface area (Å²) in [6.45, 7) is 2.09. The lowest BCUT2D eigenvalue weighted by molar-refractivity contribution is -0.129. The van der Waals surface area contributed by atoms with Gasteiger partial charge in [0.05, 0.1) is 23.1 Å². The highest BCUT2D eigenvalue weighted by Crippen LogP contribution is 2.37. The molecule has 4 nitrogen and oxygen atoms in total. The summed E-state index contributed by atoms with van der Waals surface area (Å²) in [5.74, 6) is -0.510. The van der Waals surface area contributed by atoms with Crippen molar-refractivity contribution in [1.29, 1.82) is 0 Å². The fourth-order valence-corrected chi connectivity index (χ4v) is 3.60. The molecule has 1 aromatic carbocycles. The Morgan fingerprint density at radius 1 is 1.25 bits per heavy atom. The number of carbonyl (C=O) groups is 1. The van der Waals surface area contributed by atoms with Crippen molar-refractivity contribution >= 4 is 46.2 Å². The number of hydrogen-bond donors (Lipinski definition) is 0. The van der Waals surface area contributed by atoms with Crippen LogP contribution in [0.5, 0.6) is 0 Å². The smallest absolute Gasteiger partial charge is 0.247 e. The molecule has 0 radical (unpaired) electrons. The quantitative estimate of drug-likeness (QED) is 0.751. The van der Waals surface area contributed by atoms with Crippen LogP contribution in [0.4, 0.5) is 4.39 Å². The molecule has 0 atom stereocenters. The van der Waals surface area contributed by atoms with Crippen LogP contribution in [0, 0.1) is 5.82 Å². The molecule has 1 aliphatic rings. The predicted octanol–water partition coefficient (Wildman–Crippen LogP) is 3.88. The van der Waals surface area contributed by atoms with Gasteiger partial charge in [0.1, 0.15) is 5.82 Å². The van der Waals surface area contributed by atoms with Crippen LogP contribution in [0.15, 0.2) is 30.3 Å². The first kappa shape index (κ1) is 17.4. The zero-order chi connectivity index (χ0) is 17.1. The van der Waals surface area contributed by atoms with Crippen LogP contribution in [0.25, 0.3) is 5.57 Å². The monoisotopic (exact) mass is 386 g/mol. The van der Waals surface area contributed by atoms with Gasteiger partial charge in [0.25, 0.3) is 0 Å². The average molecular weight is 387 g/mol. The molecule has 0 bridgehead atoms. The number of nitrogens with zero attached hydrogens (tertiary/aromatic N) is 2. The lowest BCUT2D eigenvalue weighted by Gasteiger charge is -2.26. The summed E-state index contributed by atoms with van der Waals surface area (Å²) in [5.41, 5.74) is 1.24. The zero-order valence-electron chi connectivity index (χ0n) is 12.5. The van der Waals surface area contributed by atoms with Gasteiger partial charge in [-0.1, -0.05) is 35.3 Å². The maximum absolute atomic E-state index is 13.2. The van der Waals surface area contributed by atoms with E-state index in [0.29, 0.717) is 42.3 Å². The molecule has 1 aliphatic heterocycles. The van der Waals surface area contributed by atoms with Crippen molar-refractivity contribution in [1.82, 2.24) is 9.27 Å². The van der Waals surface area contributed by atoms with Gasteiger partial charge in [-0.25, -0.2) is 4.39 Å². The SMILES string of the molecule is O=C(/C=C(\c1ccc(F)cc1)c1snc(Cl)c1Cl)N1CCOCC1. The van der Waals surface area contributed by atoms with Crippen molar-refractivity contribution < 1.29 is 13.9 Å². The summed E-state index contributed by atoms with van der Waals surface area (Å²) in [6, 6.07) is 5.85. The first-order valence-corrected chi connectivity index (χ1v) is 8.74. The van der Waals surface area contributed by atoms with Gasteiger partial charge in [0.2, 0.25) is 5.91 Å². The second-order valence-electron chi connectivity index (χ2n) is 5.12. The minimum Gasteiger partial charge on any atom is -0.378 e. The Kier molecular flexibility index (Phi) is 5.50. The minimum absolute atomic E-state index is 0.154. The van der Waals surface area contributed by atoms with E-state index < -0.39 is 0 Å². The second-order valence-corrected chi connectivity index (χ2v) is 6.63. The molecule has 3 rings (SSSR count). The van der Waals surface area contributed by atoms with Crippen LogP contribution in [0.3, 0.4) is 0 Å². The molecule has 1 saturated heterocycles. The Bertz CT molecular complexity index is 771. The van der Waals surface area contributed by atoms with E-state index in [1.54, 1.807) is 17.0 Å². The Morgan fingerprint density at radius 2 is 1.92 bits per heavy atom. The Balaban J connectivity index is 2.01. The Labute approximate surface area is 152 Å². The fourth-order valence-electron chi connectivity index (χ4n) is 2.33. The highest BCUT2D eigenvalue weighted by molar-refractivity contribution is 7.08. The summed E-state index contributed by atoms with van der Waals surface area (Å²) in [7, 11) is 0. The number of benzene rings is 1. The van der Waals surface area contributed by atoms with E-state index in [0.717, 1.165) is 11.5 Å². The number of rotatable bonds is 3. The van der Waals surface area contributed by atoms with Gasteiger partial charge >= 0.3 is 0 Å². The van der Waals surface area contributed by atoms with Crippen molar-refractivity contribution in [3.63, 3.8) is 0 Å². The molecule has 0 unspecified atom stereocenters. The molecule has 0 spiro atoms. The van der Waals surface area contributed by atoms with E-state index in [4.69, 9.17) is 27.9 Å². The van der Waals surface area contributed by atoms with Crippen molar-refractivity contribution in [2.24, 2.45) is 0 Å². The molecule has 126 valence electrons. The van der Waals surface area contributed by atoms with Crippen molar-refractivity contribution in [2.45, 2.75) is 0 Å². The van der Waals surface area contributed by atoms with E-state index in [9.17, 15) is 9.18 Å². The Hall–Kier alpha value is -1.47. The highest BCUT2D eigenvalue weighted by atomic mass is 35.5. The topological polar surface area (TPSA) is 42.4 Å². The third kappa shape index (κ3) is 3.78. The van der Waals surface area contributed by atoms with Gasteiger partial charge in [-0.05, 0) is 29.2 Å². The van der Waals surface area contributed by atoms with Gasteiger partial charge in [-0.15, -0.1) is 0 Å². The predicted molar refractivity (Wildman–Crippen MR) is 93.0 cm³/mol. The van der Waals surface area contributed by atoms with Gasteiger partial charge in [-0.3, -0.25) is 4.79 Å². The molecule has 1 fully saturated rings. The van der Waals surface area contributed by atoms with Gasteiger partial charge in [-0.2, -0.15) is 4.37 Å². The molecular formula is C16H13Cl2FN2O2S. The van der Waals surface area contributed by atoms with E-state index in [1.165, 1.54) is 18.2 Å². The van der Waals surface area contributed by atoms with Gasteiger partial charge in [0.15, 0.2) is 5.15 Å². The highest BCUT2D eigenvalue weighted by Gasteiger charge is 2.20. The van der Waals surface area contributed by atoms with E-state index in [-0.39, 0.29) is 21.9 Å². The molecule has 8 heteroatoms. The number of morpholine rings is 1. The maximum atomic E-state index is 13.2. The summed E-state index contributed by atoms with van der Waals surface area (Å²) in [4.78, 5) is 14.8. The maximum Gasteiger partial charge on any atom is 0.247 e. The van der Waals surface area contributed by atoms with E-state index >= 15 is 0 Å². The zero-order valence-corrected chi connectivity index (χ0v) is 14.8. The number of halogens is 3. The number of ether oxygens (including phenoxy) is 1. The van der Waals surface area contributed by atoms with Crippen LogP contribution in [-0.2, 0) is 9.53 Å². The number of amides is 1. The lowest BCUT2D eigenvalue weighted by atomic mass is 10.0. The van der Waals surface area contributed by atoms with Crippen LogP contribution in [0.2, 0.25) is 10.2 Å². The molecule has 0 aliphatic carbocycles. The van der Waals surface area contributed by atoms with E-state index in [2.05, 4.69) is 4.37 Å². The van der Waals surface area contributed by atoms with Crippen LogP contribution in [0.1, 0.15) is 10.4 Å². The normalized spacial score (nSPS) is 15.6. The molecule has 1 amide bonds. The minimum atomic E-state index is -0.356. The number of aromatic nitrogens is 1. The summed E-state index contributed by atoms with van der Waals surface area (Å²) in [6.07, 6.45) is 1.49.